The number of allylic oxidation sites excluding steroid dienone is 16. The highest BCUT2D eigenvalue weighted by Gasteiger charge is 2.20. The molecule has 2 atom stereocenters. The minimum atomic E-state index is -4.54. The largest absolute Gasteiger partial charge is 0.756 e. The van der Waals surface area contributed by atoms with Crippen molar-refractivity contribution in [1.82, 2.24) is 0 Å². The number of nitrogens with zero attached hydrogens (tertiary/aromatic N) is 1. The molecule has 8 nitrogen and oxygen atoms in total. The van der Waals surface area contributed by atoms with Gasteiger partial charge in [0.1, 0.15) is 19.3 Å². The summed E-state index contributed by atoms with van der Waals surface area (Å²) in [4.78, 5) is 25.1. The lowest BCUT2D eigenvalue weighted by Crippen LogP contribution is -2.37. The van der Waals surface area contributed by atoms with Gasteiger partial charge in [-0.05, 0) is 89.9 Å². The summed E-state index contributed by atoms with van der Waals surface area (Å²) < 4.78 is 34.6. The van der Waals surface area contributed by atoms with Crippen molar-refractivity contribution in [2.24, 2.45) is 0 Å². The predicted octanol–water partition coefficient (Wildman–Crippen LogP) is 14.0. The maximum Gasteiger partial charge on any atom is 0.306 e. The second-order valence-corrected chi connectivity index (χ2v) is 18.1. The van der Waals surface area contributed by atoms with Crippen LogP contribution in [0.1, 0.15) is 168 Å². The molecule has 0 aromatic rings. The summed E-state index contributed by atoms with van der Waals surface area (Å²) in [6.45, 7) is 5.12. The topological polar surface area (TPSA) is 94.1 Å². The number of phosphoric ester groups is 1. The lowest BCUT2D eigenvalue weighted by Gasteiger charge is -2.28. The molecule has 2 unspecified atom stereocenters. The van der Waals surface area contributed by atoms with E-state index in [1.54, 1.807) is 0 Å². The Hall–Kier alpha value is -2.58. The Labute approximate surface area is 375 Å². The van der Waals surface area contributed by atoms with Gasteiger partial charge < -0.3 is 27.9 Å². The average molecular weight is 872 g/mol. The molecule has 0 aromatic heterocycles. The summed E-state index contributed by atoms with van der Waals surface area (Å²) in [7, 11) is 1.32. The number of ether oxygens (including phenoxy) is 2. The van der Waals surface area contributed by atoms with Crippen LogP contribution in [-0.4, -0.2) is 70.7 Å². The van der Waals surface area contributed by atoms with E-state index in [9.17, 15) is 14.3 Å². The Balaban J connectivity index is 4.21. The van der Waals surface area contributed by atoms with E-state index in [2.05, 4.69) is 111 Å². The average Bonchev–Trinajstić information content (AvgIpc) is 3.22. The molecule has 0 bridgehead atoms. The number of quaternary nitrogens is 1. The van der Waals surface area contributed by atoms with Crippen LogP contribution in [0.15, 0.2) is 97.2 Å². The number of rotatable bonds is 43. The van der Waals surface area contributed by atoms with Gasteiger partial charge in [0, 0.05) is 13.0 Å². The molecule has 0 rings (SSSR count). The highest BCUT2D eigenvalue weighted by molar-refractivity contribution is 7.45. The van der Waals surface area contributed by atoms with Gasteiger partial charge in [-0.3, -0.25) is 9.36 Å². The van der Waals surface area contributed by atoms with Crippen LogP contribution < -0.4 is 4.89 Å². The SMILES string of the molecule is CC/C=C\C/C=C\C/C=C\C/C=C\C/C=C\CCCCCCCCCCOCC(COP(=O)([O-])OCC[N+](C)(C)C)OC(=O)CCCCCCC/C=C\C/C=C\C/C=C\CC. The first-order chi connectivity index (χ1) is 29.6. The van der Waals surface area contributed by atoms with Crippen molar-refractivity contribution in [3.8, 4) is 0 Å². The second kappa shape index (κ2) is 44.0. The summed E-state index contributed by atoms with van der Waals surface area (Å²) in [5.41, 5.74) is 0. The van der Waals surface area contributed by atoms with Gasteiger partial charge in [-0.25, -0.2) is 0 Å². The molecule has 0 aliphatic rings. The van der Waals surface area contributed by atoms with Gasteiger partial charge >= 0.3 is 5.97 Å². The van der Waals surface area contributed by atoms with Crippen molar-refractivity contribution in [1.29, 1.82) is 0 Å². The number of likely N-dealkylation sites (N-methyl/N-ethyl adjacent to an activating group) is 1. The molecule has 0 radical (unpaired) electrons. The van der Waals surface area contributed by atoms with E-state index >= 15 is 0 Å². The van der Waals surface area contributed by atoms with Crippen LogP contribution in [0.5, 0.6) is 0 Å². The summed E-state index contributed by atoms with van der Waals surface area (Å²) >= 11 is 0. The lowest BCUT2D eigenvalue weighted by molar-refractivity contribution is -0.870. The molecular weight excluding hydrogens is 782 g/mol. The summed E-state index contributed by atoms with van der Waals surface area (Å²) in [5.74, 6) is -0.358. The molecule has 0 amide bonds. The monoisotopic (exact) mass is 872 g/mol. The first kappa shape index (κ1) is 58.4. The van der Waals surface area contributed by atoms with Crippen molar-refractivity contribution in [3.05, 3.63) is 97.2 Å². The molecule has 0 N–H and O–H groups in total. The molecule has 0 saturated carbocycles. The number of hydrogen-bond donors (Lipinski definition) is 0. The van der Waals surface area contributed by atoms with E-state index in [1.165, 1.54) is 32.1 Å². The van der Waals surface area contributed by atoms with Gasteiger partial charge in [0.25, 0.3) is 7.82 Å². The molecule has 0 aliphatic carbocycles. The maximum atomic E-state index is 12.7. The zero-order valence-electron chi connectivity index (χ0n) is 39.6. The minimum Gasteiger partial charge on any atom is -0.756 e. The van der Waals surface area contributed by atoms with Crippen LogP contribution in [0.2, 0.25) is 0 Å². The molecule has 350 valence electrons. The molecule has 0 aliphatic heterocycles. The quantitative estimate of drug-likeness (QED) is 0.0198. The molecule has 0 aromatic carbocycles. The second-order valence-electron chi connectivity index (χ2n) is 16.7. The molecule has 9 heteroatoms. The van der Waals surface area contributed by atoms with Crippen LogP contribution in [0.3, 0.4) is 0 Å². The Morgan fingerprint density at radius 3 is 1.34 bits per heavy atom. The van der Waals surface area contributed by atoms with Gasteiger partial charge in [0.05, 0.1) is 34.4 Å². The Morgan fingerprint density at radius 1 is 0.508 bits per heavy atom. The Morgan fingerprint density at radius 2 is 0.902 bits per heavy atom. The third-order valence-electron chi connectivity index (χ3n) is 9.63. The van der Waals surface area contributed by atoms with Crippen LogP contribution in [0.4, 0.5) is 0 Å². The van der Waals surface area contributed by atoms with Crippen LogP contribution >= 0.6 is 7.82 Å². The van der Waals surface area contributed by atoms with Crippen molar-refractivity contribution >= 4 is 13.8 Å². The third-order valence-corrected chi connectivity index (χ3v) is 10.6. The number of carbonyl (C=O) groups is 1. The number of phosphoric acid groups is 1. The van der Waals surface area contributed by atoms with Crippen molar-refractivity contribution in [2.75, 3.05) is 54.1 Å². The maximum absolute atomic E-state index is 12.7. The predicted molar refractivity (Wildman–Crippen MR) is 258 cm³/mol. The van der Waals surface area contributed by atoms with E-state index < -0.39 is 13.9 Å². The summed E-state index contributed by atoms with van der Waals surface area (Å²) in [6, 6.07) is 0. The van der Waals surface area contributed by atoms with Crippen LogP contribution in [0.25, 0.3) is 0 Å². The summed E-state index contributed by atoms with van der Waals surface area (Å²) in [5, 5.41) is 0. The van der Waals surface area contributed by atoms with Crippen LogP contribution in [-0.2, 0) is 27.9 Å². The highest BCUT2D eigenvalue weighted by atomic mass is 31.2. The normalized spacial score (nSPS) is 14.5. The standard InChI is InChI=1S/C52H90NO7P/c1-6-8-10-12-14-16-18-20-22-23-24-25-26-27-28-29-30-32-34-36-38-40-42-44-47-57-49-51(50-59-61(55,56)58-48-46-53(3,4)5)60-52(54)45-43-41-39-37-35-33-31-21-19-17-15-13-11-9-7-2/h8-11,14-17,20-22,24-25,27-28,31,51H,6-7,12-13,18-19,23,26,29-30,32-50H2,1-5H3/b10-8-,11-9-,16-14-,17-15-,22-20-,25-24-,28-27-,31-21-. The minimum absolute atomic E-state index is 0.0150. The lowest BCUT2D eigenvalue weighted by atomic mass is 10.1. The van der Waals surface area contributed by atoms with Gasteiger partial charge in [-0.15, -0.1) is 0 Å². The smallest absolute Gasteiger partial charge is 0.306 e. The molecule has 61 heavy (non-hydrogen) atoms. The Bertz CT molecular complexity index is 1290. The first-order valence-electron chi connectivity index (χ1n) is 24.0. The zero-order chi connectivity index (χ0) is 44.8. The highest BCUT2D eigenvalue weighted by Crippen LogP contribution is 2.38. The van der Waals surface area contributed by atoms with Gasteiger partial charge in [-0.1, -0.05) is 169 Å². The molecule has 0 fully saturated rings. The number of carbonyl (C=O) groups excluding carboxylic acids is 1. The van der Waals surface area contributed by atoms with Gasteiger partial charge in [0.15, 0.2) is 0 Å². The van der Waals surface area contributed by atoms with Gasteiger partial charge in [0.2, 0.25) is 0 Å². The third kappa shape index (κ3) is 48.3. The fourth-order valence-corrected chi connectivity index (χ4v) is 6.73. The molecule has 0 saturated heterocycles. The molecule has 0 heterocycles. The summed E-state index contributed by atoms with van der Waals surface area (Å²) in [6.07, 6.45) is 60.0. The van der Waals surface area contributed by atoms with E-state index in [-0.39, 0.29) is 32.2 Å². The zero-order valence-corrected chi connectivity index (χ0v) is 40.5. The van der Waals surface area contributed by atoms with Crippen molar-refractivity contribution < 1.29 is 37.3 Å². The van der Waals surface area contributed by atoms with E-state index in [0.717, 1.165) is 116 Å². The van der Waals surface area contributed by atoms with Crippen LogP contribution in [0, 0.1) is 0 Å². The van der Waals surface area contributed by atoms with E-state index in [4.69, 9.17) is 18.5 Å². The molecule has 0 spiro atoms. The molecular formula is C52H90NO7P. The first-order valence-corrected chi connectivity index (χ1v) is 25.4. The fourth-order valence-electron chi connectivity index (χ4n) is 6.00. The number of esters is 1. The Kier molecular flexibility index (Phi) is 42.2. The fraction of sp³-hybridized carbons (Fsp3) is 0.673. The van der Waals surface area contributed by atoms with E-state index in [0.29, 0.717) is 17.6 Å². The number of hydrogen-bond acceptors (Lipinski definition) is 7. The van der Waals surface area contributed by atoms with Crippen molar-refractivity contribution in [2.45, 2.75) is 174 Å². The van der Waals surface area contributed by atoms with Gasteiger partial charge in [-0.2, -0.15) is 0 Å². The van der Waals surface area contributed by atoms with Crippen molar-refractivity contribution in [3.63, 3.8) is 0 Å². The van der Waals surface area contributed by atoms with E-state index in [1.807, 2.05) is 21.1 Å². The number of unbranched alkanes of at least 4 members (excludes halogenated alkanes) is 13.